The molecule has 0 saturated heterocycles. The molecule has 21 heavy (non-hydrogen) atoms. The third kappa shape index (κ3) is 2.58. The predicted molar refractivity (Wildman–Crippen MR) is 84.9 cm³/mol. The molecule has 0 fully saturated rings. The average molecular weight is 277 g/mol. The molecule has 3 heteroatoms. The molecule has 0 saturated carbocycles. The van der Waals surface area contributed by atoms with Crippen LogP contribution in [-0.2, 0) is 4.79 Å². The number of fused-ring (bicyclic) bond motifs is 1. The number of hydrogen-bond acceptors (Lipinski definition) is 3. The smallest absolute Gasteiger partial charge is 0.220 e. The minimum atomic E-state index is -0.358. The Kier molecular flexibility index (Phi) is 3.32. The van der Waals surface area contributed by atoms with Gasteiger partial charge in [0.05, 0.1) is 0 Å². The SMILES string of the molecule is CN1/C(=C/C=C2\C=CC(=O)C(O)=C2)C=Cc2ccccc21. The van der Waals surface area contributed by atoms with E-state index in [1.165, 1.54) is 17.7 Å². The molecule has 0 unspecified atom stereocenters. The lowest BCUT2D eigenvalue weighted by atomic mass is 10.0. The van der Waals surface area contributed by atoms with Crippen molar-refractivity contribution in [2.75, 3.05) is 11.9 Å². The summed E-state index contributed by atoms with van der Waals surface area (Å²) in [5.74, 6) is -0.580. The zero-order valence-corrected chi connectivity index (χ0v) is 11.7. The highest BCUT2D eigenvalue weighted by atomic mass is 16.3. The van der Waals surface area contributed by atoms with Crippen molar-refractivity contribution in [1.29, 1.82) is 0 Å². The highest BCUT2D eigenvalue weighted by Crippen LogP contribution is 2.29. The van der Waals surface area contributed by atoms with Crippen LogP contribution in [0.1, 0.15) is 5.56 Å². The van der Waals surface area contributed by atoms with E-state index in [0.29, 0.717) is 0 Å². The quantitative estimate of drug-likeness (QED) is 0.853. The molecule has 0 aromatic heterocycles. The van der Waals surface area contributed by atoms with Crippen LogP contribution in [0.3, 0.4) is 0 Å². The van der Waals surface area contributed by atoms with Crippen LogP contribution in [0.15, 0.2) is 77.8 Å². The predicted octanol–water partition coefficient (Wildman–Crippen LogP) is 3.54. The van der Waals surface area contributed by atoms with Gasteiger partial charge in [-0.1, -0.05) is 36.4 Å². The lowest BCUT2D eigenvalue weighted by Crippen LogP contribution is -2.18. The van der Waals surface area contributed by atoms with Gasteiger partial charge in [0.2, 0.25) is 5.78 Å². The summed E-state index contributed by atoms with van der Waals surface area (Å²) in [4.78, 5) is 13.3. The number of rotatable bonds is 1. The number of para-hydroxylation sites is 1. The molecule has 1 aromatic rings. The largest absolute Gasteiger partial charge is 0.504 e. The molecule has 2 aliphatic rings. The highest BCUT2D eigenvalue weighted by molar-refractivity contribution is 6.04. The Morgan fingerprint density at radius 2 is 1.86 bits per heavy atom. The van der Waals surface area contributed by atoms with E-state index in [2.05, 4.69) is 23.1 Å². The number of aliphatic hydroxyl groups excluding tert-OH is 1. The number of allylic oxidation sites excluding steroid dienone is 7. The first kappa shape index (κ1) is 13.2. The summed E-state index contributed by atoms with van der Waals surface area (Å²) in [6.45, 7) is 0. The maximum absolute atomic E-state index is 11.2. The monoisotopic (exact) mass is 277 g/mol. The Labute approximate surface area is 123 Å². The fourth-order valence-electron chi connectivity index (χ4n) is 2.35. The summed E-state index contributed by atoms with van der Waals surface area (Å²) >= 11 is 0. The summed E-state index contributed by atoms with van der Waals surface area (Å²) in [5.41, 5.74) is 4.17. The molecule has 1 N–H and O–H groups in total. The van der Waals surface area contributed by atoms with Gasteiger partial charge >= 0.3 is 0 Å². The van der Waals surface area contributed by atoms with Gasteiger partial charge in [-0.3, -0.25) is 4.79 Å². The summed E-state index contributed by atoms with van der Waals surface area (Å²) in [6, 6.07) is 8.19. The number of benzene rings is 1. The molecule has 1 aromatic carbocycles. The summed E-state index contributed by atoms with van der Waals surface area (Å²) in [5, 5.41) is 9.44. The van der Waals surface area contributed by atoms with Crippen LogP contribution in [0.2, 0.25) is 0 Å². The Balaban J connectivity index is 1.90. The third-order valence-corrected chi connectivity index (χ3v) is 3.55. The normalized spacial score (nSPS) is 20.9. The van der Waals surface area contributed by atoms with E-state index in [1.54, 1.807) is 6.08 Å². The minimum absolute atomic E-state index is 0.222. The van der Waals surface area contributed by atoms with Crippen molar-refractivity contribution >= 4 is 17.5 Å². The van der Waals surface area contributed by atoms with Crippen LogP contribution in [0.25, 0.3) is 6.08 Å². The fraction of sp³-hybridized carbons (Fsp3) is 0.0556. The molecule has 0 radical (unpaired) electrons. The van der Waals surface area contributed by atoms with E-state index >= 15 is 0 Å². The molecule has 0 spiro atoms. The van der Waals surface area contributed by atoms with Crippen LogP contribution in [0, 0.1) is 0 Å². The van der Waals surface area contributed by atoms with Crippen LogP contribution < -0.4 is 4.90 Å². The lowest BCUT2D eigenvalue weighted by Gasteiger charge is -2.26. The third-order valence-electron chi connectivity index (χ3n) is 3.55. The van der Waals surface area contributed by atoms with Crippen molar-refractivity contribution in [2.45, 2.75) is 0 Å². The maximum atomic E-state index is 11.2. The average Bonchev–Trinajstić information content (AvgIpc) is 2.50. The Morgan fingerprint density at radius 3 is 2.67 bits per heavy atom. The van der Waals surface area contributed by atoms with Crippen LogP contribution in [0.5, 0.6) is 0 Å². The van der Waals surface area contributed by atoms with E-state index in [1.807, 2.05) is 37.4 Å². The molecule has 3 rings (SSSR count). The second kappa shape index (κ2) is 5.29. The second-order valence-electron chi connectivity index (χ2n) is 4.94. The number of hydrogen-bond donors (Lipinski definition) is 1. The highest BCUT2D eigenvalue weighted by Gasteiger charge is 2.12. The van der Waals surface area contributed by atoms with Gasteiger partial charge in [-0.05, 0) is 41.5 Å². The van der Waals surface area contributed by atoms with Crippen LogP contribution in [0.4, 0.5) is 5.69 Å². The Bertz CT molecular complexity index is 748. The summed E-state index contributed by atoms with van der Waals surface area (Å²) in [7, 11) is 2.01. The van der Waals surface area contributed by atoms with Gasteiger partial charge in [-0.15, -0.1) is 0 Å². The first-order valence-corrected chi connectivity index (χ1v) is 6.71. The summed E-state index contributed by atoms with van der Waals surface area (Å²) in [6.07, 6.45) is 12.5. The van der Waals surface area contributed by atoms with E-state index in [-0.39, 0.29) is 11.5 Å². The molecule has 1 aliphatic heterocycles. The molecule has 1 heterocycles. The van der Waals surface area contributed by atoms with Crippen molar-refractivity contribution < 1.29 is 9.90 Å². The van der Waals surface area contributed by atoms with E-state index in [4.69, 9.17) is 0 Å². The van der Waals surface area contributed by atoms with Crippen molar-refractivity contribution in [2.24, 2.45) is 0 Å². The number of carbonyl (C=O) groups excluding carboxylic acids is 1. The minimum Gasteiger partial charge on any atom is -0.504 e. The topological polar surface area (TPSA) is 40.5 Å². The zero-order chi connectivity index (χ0) is 14.8. The fourth-order valence-corrected chi connectivity index (χ4v) is 2.35. The summed E-state index contributed by atoms with van der Waals surface area (Å²) < 4.78 is 0. The molecule has 0 atom stereocenters. The van der Waals surface area contributed by atoms with E-state index in [0.717, 1.165) is 17.0 Å². The maximum Gasteiger partial charge on any atom is 0.220 e. The van der Waals surface area contributed by atoms with Crippen LogP contribution in [-0.4, -0.2) is 17.9 Å². The first-order valence-electron chi connectivity index (χ1n) is 6.71. The molecule has 104 valence electrons. The second-order valence-corrected chi connectivity index (χ2v) is 4.94. The number of carbonyl (C=O) groups is 1. The molecule has 0 bridgehead atoms. The van der Waals surface area contributed by atoms with Gasteiger partial charge in [0.1, 0.15) is 0 Å². The first-order chi connectivity index (χ1) is 10.1. The Morgan fingerprint density at radius 1 is 1.05 bits per heavy atom. The molecule has 0 amide bonds. The molecular weight excluding hydrogens is 262 g/mol. The lowest BCUT2D eigenvalue weighted by molar-refractivity contribution is -0.113. The Hall–Kier alpha value is -2.81. The van der Waals surface area contributed by atoms with Gasteiger partial charge in [0, 0.05) is 18.4 Å². The number of likely N-dealkylation sites (N-methyl/N-ethyl adjacent to an activating group) is 1. The van der Waals surface area contributed by atoms with Crippen LogP contribution >= 0.6 is 0 Å². The standard InChI is InChI=1S/C18H15NO2/c1-19-15(10-8-14-4-2-3-5-16(14)19)9-6-13-7-11-17(20)18(21)12-13/h2-12,21H,1H3/b13-6+,15-9+. The number of anilines is 1. The van der Waals surface area contributed by atoms with Gasteiger partial charge in [0.25, 0.3) is 0 Å². The van der Waals surface area contributed by atoms with Gasteiger partial charge < -0.3 is 10.0 Å². The van der Waals surface area contributed by atoms with E-state index < -0.39 is 0 Å². The van der Waals surface area contributed by atoms with Crippen molar-refractivity contribution in [1.82, 2.24) is 0 Å². The van der Waals surface area contributed by atoms with Gasteiger partial charge in [-0.25, -0.2) is 0 Å². The number of aliphatic hydroxyl groups is 1. The van der Waals surface area contributed by atoms with Gasteiger partial charge in [0.15, 0.2) is 5.76 Å². The zero-order valence-electron chi connectivity index (χ0n) is 11.7. The van der Waals surface area contributed by atoms with Crippen molar-refractivity contribution in [3.05, 3.63) is 83.3 Å². The van der Waals surface area contributed by atoms with Gasteiger partial charge in [-0.2, -0.15) is 0 Å². The number of ketones is 1. The molecule has 1 aliphatic carbocycles. The molecule has 3 nitrogen and oxygen atoms in total. The molecular formula is C18H15NO2. The number of nitrogens with zero attached hydrogens (tertiary/aromatic N) is 1. The van der Waals surface area contributed by atoms with Crippen molar-refractivity contribution in [3.63, 3.8) is 0 Å². The van der Waals surface area contributed by atoms with E-state index in [9.17, 15) is 9.90 Å². The van der Waals surface area contributed by atoms with Crippen molar-refractivity contribution in [3.8, 4) is 0 Å².